The SMILES string of the molecule is COP(C)(=O)OC=N. The van der Waals surface area contributed by atoms with Crippen LogP contribution in [-0.2, 0) is 13.6 Å². The van der Waals surface area contributed by atoms with Gasteiger partial charge in [0.25, 0.3) is 0 Å². The first-order valence-electron chi connectivity index (χ1n) is 1.93. The molecule has 5 heteroatoms. The maximum Gasteiger partial charge on any atom is 0.376 e. The molecule has 1 unspecified atom stereocenters. The lowest BCUT2D eigenvalue weighted by molar-refractivity contribution is 0.328. The molecular weight excluding hydrogens is 129 g/mol. The van der Waals surface area contributed by atoms with Gasteiger partial charge in [0.1, 0.15) is 0 Å². The van der Waals surface area contributed by atoms with Gasteiger partial charge in [-0.25, -0.2) is 4.57 Å². The van der Waals surface area contributed by atoms with Crippen molar-refractivity contribution in [3.8, 4) is 0 Å². The molecule has 0 amide bonds. The van der Waals surface area contributed by atoms with Gasteiger partial charge in [0.2, 0.25) is 0 Å². The summed E-state index contributed by atoms with van der Waals surface area (Å²) in [4.78, 5) is 0. The molecule has 0 heterocycles. The largest absolute Gasteiger partial charge is 0.414 e. The minimum absolute atomic E-state index is 0.601. The molecule has 0 aromatic rings. The second-order valence-corrected chi connectivity index (χ2v) is 3.30. The molecule has 0 saturated heterocycles. The van der Waals surface area contributed by atoms with E-state index in [4.69, 9.17) is 5.41 Å². The van der Waals surface area contributed by atoms with Crippen molar-refractivity contribution in [2.45, 2.75) is 0 Å². The highest BCUT2D eigenvalue weighted by molar-refractivity contribution is 7.53. The van der Waals surface area contributed by atoms with Crippen LogP contribution in [0.5, 0.6) is 0 Å². The summed E-state index contributed by atoms with van der Waals surface area (Å²) in [6.07, 6.45) is 0.601. The smallest absolute Gasteiger partial charge is 0.376 e. The maximum atomic E-state index is 10.6. The molecule has 0 radical (unpaired) electrons. The highest BCUT2D eigenvalue weighted by Crippen LogP contribution is 2.41. The maximum absolute atomic E-state index is 10.6. The van der Waals surface area contributed by atoms with Crippen molar-refractivity contribution in [3.63, 3.8) is 0 Å². The first kappa shape index (κ1) is 7.66. The van der Waals surface area contributed by atoms with Gasteiger partial charge in [-0.05, 0) is 0 Å². The van der Waals surface area contributed by atoms with E-state index in [0.29, 0.717) is 6.40 Å². The molecule has 1 N–H and O–H groups in total. The first-order valence-corrected chi connectivity index (χ1v) is 3.92. The standard InChI is InChI=1S/C3H8NO3P/c1-6-8(2,5)7-3-4/h3-4H,1-2H3. The fourth-order valence-electron chi connectivity index (χ4n) is 0.139. The third kappa shape index (κ3) is 2.77. The number of rotatable bonds is 3. The molecule has 0 spiro atoms. The molecule has 0 aromatic carbocycles. The van der Waals surface area contributed by atoms with Gasteiger partial charge in [0.05, 0.1) is 0 Å². The summed E-state index contributed by atoms with van der Waals surface area (Å²) in [6.45, 7) is 1.29. The van der Waals surface area contributed by atoms with Crippen molar-refractivity contribution < 1.29 is 13.6 Å². The zero-order chi connectivity index (χ0) is 6.62. The molecule has 0 bridgehead atoms. The van der Waals surface area contributed by atoms with E-state index in [2.05, 4.69) is 9.05 Å². The van der Waals surface area contributed by atoms with E-state index in [1.54, 1.807) is 0 Å². The quantitative estimate of drug-likeness (QED) is 0.359. The molecule has 0 aromatic heterocycles. The van der Waals surface area contributed by atoms with Gasteiger partial charge in [0, 0.05) is 13.8 Å². The Kier molecular flexibility index (Phi) is 2.72. The summed E-state index contributed by atoms with van der Waals surface area (Å²) in [5.74, 6) is 0. The molecule has 1 atom stereocenters. The van der Waals surface area contributed by atoms with Gasteiger partial charge in [-0.15, -0.1) is 0 Å². The van der Waals surface area contributed by atoms with E-state index >= 15 is 0 Å². The molecule has 0 aliphatic heterocycles. The third-order valence-electron chi connectivity index (χ3n) is 0.576. The molecule has 0 aliphatic rings. The predicted molar refractivity (Wildman–Crippen MR) is 30.4 cm³/mol. The van der Waals surface area contributed by atoms with E-state index in [1.807, 2.05) is 0 Å². The lowest BCUT2D eigenvalue weighted by Gasteiger charge is -2.05. The van der Waals surface area contributed by atoms with Crippen LogP contribution in [0.1, 0.15) is 0 Å². The van der Waals surface area contributed by atoms with Gasteiger partial charge in [-0.3, -0.25) is 5.41 Å². The first-order chi connectivity index (χ1) is 3.62. The van der Waals surface area contributed by atoms with E-state index in [0.717, 1.165) is 0 Å². The lowest BCUT2D eigenvalue weighted by atomic mass is 11.6. The summed E-state index contributed by atoms with van der Waals surface area (Å²) in [5.41, 5.74) is 0. The van der Waals surface area contributed by atoms with E-state index in [-0.39, 0.29) is 0 Å². The van der Waals surface area contributed by atoms with Crippen molar-refractivity contribution in [1.29, 1.82) is 5.41 Å². The number of hydrogen-bond acceptors (Lipinski definition) is 4. The van der Waals surface area contributed by atoms with Gasteiger partial charge >= 0.3 is 7.60 Å². The Morgan fingerprint density at radius 2 is 2.25 bits per heavy atom. The Labute approximate surface area is 47.8 Å². The van der Waals surface area contributed by atoms with E-state index in [9.17, 15) is 4.57 Å². The van der Waals surface area contributed by atoms with Crippen LogP contribution in [0.4, 0.5) is 0 Å². The average Bonchev–Trinajstić information content (AvgIpc) is 1.67. The second-order valence-electron chi connectivity index (χ2n) is 1.18. The van der Waals surface area contributed by atoms with Crippen LogP contribution in [0.2, 0.25) is 0 Å². The molecule has 0 saturated carbocycles. The van der Waals surface area contributed by atoms with Crippen LogP contribution in [0, 0.1) is 5.41 Å². The van der Waals surface area contributed by atoms with Gasteiger partial charge < -0.3 is 9.05 Å². The molecule has 48 valence electrons. The summed E-state index contributed by atoms with van der Waals surface area (Å²) in [7, 11) is -1.65. The van der Waals surface area contributed by atoms with E-state index < -0.39 is 7.60 Å². The molecule has 0 rings (SSSR count). The summed E-state index contributed by atoms with van der Waals surface area (Å²) < 4.78 is 19.2. The van der Waals surface area contributed by atoms with Crippen molar-refractivity contribution >= 4 is 14.0 Å². The highest BCUT2D eigenvalue weighted by atomic mass is 31.2. The van der Waals surface area contributed by atoms with Crippen LogP contribution in [0.15, 0.2) is 0 Å². The monoisotopic (exact) mass is 137 g/mol. The van der Waals surface area contributed by atoms with E-state index in [1.165, 1.54) is 13.8 Å². The Bertz CT molecular complexity index is 124. The lowest BCUT2D eigenvalue weighted by Crippen LogP contribution is -1.85. The van der Waals surface area contributed by atoms with Crippen molar-refractivity contribution in [3.05, 3.63) is 0 Å². The zero-order valence-corrected chi connectivity index (χ0v) is 5.64. The minimum atomic E-state index is -2.92. The number of nitrogens with one attached hydrogen (secondary N) is 1. The Hall–Kier alpha value is -0.340. The Balaban J connectivity index is 3.72. The zero-order valence-electron chi connectivity index (χ0n) is 4.75. The minimum Gasteiger partial charge on any atom is -0.414 e. The van der Waals surface area contributed by atoms with Crippen LogP contribution in [0.25, 0.3) is 0 Å². The molecule has 4 nitrogen and oxygen atoms in total. The van der Waals surface area contributed by atoms with Crippen LogP contribution in [-0.4, -0.2) is 20.2 Å². The number of hydrogen-bond donors (Lipinski definition) is 1. The highest BCUT2D eigenvalue weighted by Gasteiger charge is 2.11. The summed E-state index contributed by atoms with van der Waals surface area (Å²) >= 11 is 0. The molecule has 0 aliphatic carbocycles. The third-order valence-corrected chi connectivity index (χ3v) is 1.73. The predicted octanol–water partition coefficient (Wildman–Crippen LogP) is 1.08. The average molecular weight is 137 g/mol. The second kappa shape index (κ2) is 2.84. The molecule has 0 fully saturated rings. The van der Waals surface area contributed by atoms with Crippen LogP contribution in [0.3, 0.4) is 0 Å². The van der Waals surface area contributed by atoms with Crippen molar-refractivity contribution in [2.24, 2.45) is 0 Å². The van der Waals surface area contributed by atoms with Gasteiger partial charge in [-0.2, -0.15) is 0 Å². The Morgan fingerprint density at radius 1 is 1.75 bits per heavy atom. The van der Waals surface area contributed by atoms with Gasteiger partial charge in [-0.1, -0.05) is 0 Å². The normalized spacial score (nSPS) is 16.8. The van der Waals surface area contributed by atoms with Crippen molar-refractivity contribution in [1.82, 2.24) is 0 Å². The fraction of sp³-hybridized carbons (Fsp3) is 0.667. The van der Waals surface area contributed by atoms with Crippen LogP contribution < -0.4 is 0 Å². The molecular formula is C3H8NO3P. The molecule has 8 heavy (non-hydrogen) atoms. The summed E-state index contributed by atoms with van der Waals surface area (Å²) in [6, 6.07) is 0. The van der Waals surface area contributed by atoms with Crippen molar-refractivity contribution in [2.75, 3.05) is 13.8 Å². The fourth-order valence-corrected chi connectivity index (χ4v) is 0.416. The summed E-state index contributed by atoms with van der Waals surface area (Å²) in [5, 5.41) is 6.36. The van der Waals surface area contributed by atoms with Gasteiger partial charge in [0.15, 0.2) is 6.40 Å². The topological polar surface area (TPSA) is 59.4 Å². The Morgan fingerprint density at radius 3 is 2.38 bits per heavy atom. The van der Waals surface area contributed by atoms with Crippen LogP contribution >= 0.6 is 7.60 Å².